The third kappa shape index (κ3) is 3.33. The number of aromatic nitrogens is 3. The second-order valence-corrected chi connectivity index (χ2v) is 5.67. The maximum atomic E-state index is 13.3. The normalized spacial score (nSPS) is 11.0. The van der Waals surface area contributed by atoms with Crippen molar-refractivity contribution in [1.82, 2.24) is 14.5 Å². The molecule has 1 N–H and O–H groups in total. The minimum absolute atomic E-state index is 0.265. The summed E-state index contributed by atoms with van der Waals surface area (Å²) >= 11 is 0. The first kappa shape index (κ1) is 15.3. The zero-order valence-electron chi connectivity index (χ0n) is 13.2. The minimum atomic E-state index is -0.313. The number of hydrogen-bond donors (Lipinski definition) is 1. The topological polar surface area (TPSA) is 42.7 Å². The summed E-state index contributed by atoms with van der Waals surface area (Å²) in [5.41, 5.74) is 3.03. The number of nitrogens with zero attached hydrogens (tertiary/aromatic N) is 3. The predicted molar refractivity (Wildman–Crippen MR) is 92.7 cm³/mol. The molecule has 2 aromatic carbocycles. The van der Waals surface area contributed by atoms with Gasteiger partial charge in [0, 0.05) is 5.69 Å². The Labute approximate surface area is 142 Å². The van der Waals surface area contributed by atoms with Gasteiger partial charge in [-0.15, -0.1) is 0 Å². The molecule has 25 heavy (non-hydrogen) atoms. The molecular formula is C19H14F2N4. The summed E-state index contributed by atoms with van der Waals surface area (Å²) in [6.45, 7) is 0.535. The Morgan fingerprint density at radius 3 is 2.56 bits per heavy atom. The highest BCUT2D eigenvalue weighted by molar-refractivity contribution is 5.74. The fraction of sp³-hybridized carbons (Fsp3) is 0.0526. The van der Waals surface area contributed by atoms with Crippen LogP contribution in [0.25, 0.3) is 11.2 Å². The van der Waals surface area contributed by atoms with E-state index >= 15 is 0 Å². The summed E-state index contributed by atoms with van der Waals surface area (Å²) in [4.78, 5) is 8.90. The highest BCUT2D eigenvalue weighted by Gasteiger charge is 2.07. The monoisotopic (exact) mass is 336 g/mol. The lowest BCUT2D eigenvalue weighted by Gasteiger charge is -2.07. The van der Waals surface area contributed by atoms with E-state index in [1.165, 1.54) is 24.3 Å². The van der Waals surface area contributed by atoms with Crippen molar-refractivity contribution in [2.45, 2.75) is 6.54 Å². The van der Waals surface area contributed by atoms with Gasteiger partial charge in [-0.2, -0.15) is 0 Å². The lowest BCUT2D eigenvalue weighted by Crippen LogP contribution is -2.01. The van der Waals surface area contributed by atoms with Gasteiger partial charge in [-0.05, 0) is 48.0 Å². The molecule has 4 rings (SSSR count). The van der Waals surface area contributed by atoms with Gasteiger partial charge in [-0.25, -0.2) is 18.7 Å². The van der Waals surface area contributed by atoms with Crippen LogP contribution in [0.4, 0.5) is 20.3 Å². The number of fused-ring (bicyclic) bond motifs is 1. The summed E-state index contributed by atoms with van der Waals surface area (Å²) in [6, 6.07) is 16.2. The van der Waals surface area contributed by atoms with E-state index in [-0.39, 0.29) is 11.6 Å². The van der Waals surface area contributed by atoms with Crippen LogP contribution in [0.1, 0.15) is 5.56 Å². The van der Waals surface area contributed by atoms with Crippen molar-refractivity contribution in [3.63, 3.8) is 0 Å². The number of nitrogens with one attached hydrogen (secondary N) is 1. The number of benzene rings is 2. The molecule has 0 radical (unpaired) electrons. The van der Waals surface area contributed by atoms with E-state index < -0.39 is 0 Å². The largest absolute Gasteiger partial charge is 0.340 e. The van der Waals surface area contributed by atoms with Crippen molar-refractivity contribution in [2.75, 3.05) is 5.32 Å². The van der Waals surface area contributed by atoms with Gasteiger partial charge < -0.3 is 9.88 Å². The van der Waals surface area contributed by atoms with Crippen LogP contribution in [0, 0.1) is 11.6 Å². The minimum Gasteiger partial charge on any atom is -0.340 e. The molecule has 4 nitrogen and oxygen atoms in total. The van der Waals surface area contributed by atoms with E-state index in [0.717, 1.165) is 11.1 Å². The van der Waals surface area contributed by atoms with E-state index in [1.807, 2.05) is 10.6 Å². The Kier molecular flexibility index (Phi) is 3.85. The highest BCUT2D eigenvalue weighted by atomic mass is 19.1. The number of pyridine rings is 1. The van der Waals surface area contributed by atoms with Crippen LogP contribution in [0.5, 0.6) is 0 Å². The van der Waals surface area contributed by atoms with Gasteiger partial charge in [-0.3, -0.25) is 0 Å². The average Bonchev–Trinajstić information content (AvgIpc) is 2.99. The molecule has 0 aliphatic rings. The number of anilines is 2. The number of hydrogen-bond acceptors (Lipinski definition) is 3. The third-order valence-corrected chi connectivity index (χ3v) is 3.83. The third-order valence-electron chi connectivity index (χ3n) is 3.83. The van der Waals surface area contributed by atoms with Crippen molar-refractivity contribution in [3.8, 4) is 0 Å². The van der Waals surface area contributed by atoms with Crippen LogP contribution in [0.15, 0.2) is 67.0 Å². The Bertz CT molecular complexity index is 1030. The molecule has 2 aromatic heterocycles. The quantitative estimate of drug-likeness (QED) is 0.597. The molecule has 124 valence electrons. The van der Waals surface area contributed by atoms with E-state index in [4.69, 9.17) is 0 Å². The molecule has 0 aliphatic heterocycles. The lowest BCUT2D eigenvalue weighted by atomic mass is 10.2. The van der Waals surface area contributed by atoms with E-state index in [1.54, 1.807) is 36.7 Å². The molecule has 6 heteroatoms. The molecule has 0 spiro atoms. The summed E-state index contributed by atoms with van der Waals surface area (Å²) in [5, 5.41) is 3.08. The van der Waals surface area contributed by atoms with E-state index in [0.29, 0.717) is 23.7 Å². The van der Waals surface area contributed by atoms with E-state index in [2.05, 4.69) is 15.3 Å². The average molecular weight is 336 g/mol. The maximum absolute atomic E-state index is 13.3. The van der Waals surface area contributed by atoms with Gasteiger partial charge >= 0.3 is 0 Å². The molecule has 0 saturated heterocycles. The summed E-state index contributed by atoms with van der Waals surface area (Å²) in [7, 11) is 0. The zero-order chi connectivity index (χ0) is 17.2. The van der Waals surface area contributed by atoms with Gasteiger partial charge in [-0.1, -0.05) is 18.2 Å². The fourth-order valence-corrected chi connectivity index (χ4v) is 2.63. The lowest BCUT2D eigenvalue weighted by molar-refractivity contribution is 0.626. The SMILES string of the molecule is Fc1ccc(Cn2cnc3ccc(Nc4cccc(F)c4)nc32)cc1. The molecule has 0 unspecified atom stereocenters. The molecule has 0 amide bonds. The van der Waals surface area contributed by atoms with Gasteiger partial charge in [0.15, 0.2) is 5.65 Å². The second kappa shape index (κ2) is 6.32. The summed E-state index contributed by atoms with van der Waals surface area (Å²) < 4.78 is 28.2. The Hall–Kier alpha value is -3.28. The first-order valence-corrected chi connectivity index (χ1v) is 7.76. The molecule has 0 aliphatic carbocycles. The van der Waals surface area contributed by atoms with Crippen molar-refractivity contribution >= 4 is 22.7 Å². The number of halogens is 2. The van der Waals surface area contributed by atoms with Crippen LogP contribution in [0.3, 0.4) is 0 Å². The predicted octanol–water partition coefficient (Wildman–Crippen LogP) is 4.50. The fourth-order valence-electron chi connectivity index (χ4n) is 2.63. The molecule has 2 heterocycles. The first-order chi connectivity index (χ1) is 12.2. The van der Waals surface area contributed by atoms with Crippen molar-refractivity contribution < 1.29 is 8.78 Å². The van der Waals surface area contributed by atoms with Gasteiger partial charge in [0.2, 0.25) is 0 Å². The van der Waals surface area contributed by atoms with Crippen LogP contribution in [0.2, 0.25) is 0 Å². The van der Waals surface area contributed by atoms with Crippen LogP contribution < -0.4 is 5.32 Å². The Morgan fingerprint density at radius 1 is 0.920 bits per heavy atom. The van der Waals surface area contributed by atoms with Crippen molar-refractivity contribution in [3.05, 3.63) is 84.2 Å². The summed E-state index contributed by atoms with van der Waals surface area (Å²) in [5.74, 6) is 0.0188. The summed E-state index contributed by atoms with van der Waals surface area (Å²) in [6.07, 6.45) is 1.70. The molecule has 0 atom stereocenters. The standard InChI is InChI=1S/C19H14F2N4/c20-14-6-4-13(5-7-14)11-25-12-22-17-8-9-18(24-19(17)25)23-16-3-1-2-15(21)10-16/h1-10,12H,11H2,(H,23,24). The van der Waals surface area contributed by atoms with Crippen molar-refractivity contribution in [1.29, 1.82) is 0 Å². The van der Waals surface area contributed by atoms with Gasteiger partial charge in [0.1, 0.15) is 23.0 Å². The zero-order valence-corrected chi connectivity index (χ0v) is 13.2. The van der Waals surface area contributed by atoms with Gasteiger partial charge in [0.25, 0.3) is 0 Å². The second-order valence-electron chi connectivity index (χ2n) is 5.67. The number of rotatable bonds is 4. The van der Waals surface area contributed by atoms with Crippen LogP contribution >= 0.6 is 0 Å². The molecule has 0 fully saturated rings. The van der Waals surface area contributed by atoms with E-state index in [9.17, 15) is 8.78 Å². The molecular weight excluding hydrogens is 322 g/mol. The van der Waals surface area contributed by atoms with Crippen molar-refractivity contribution in [2.24, 2.45) is 0 Å². The first-order valence-electron chi connectivity index (χ1n) is 7.76. The Balaban J connectivity index is 1.64. The molecule has 0 bridgehead atoms. The van der Waals surface area contributed by atoms with Crippen LogP contribution in [-0.2, 0) is 6.54 Å². The highest BCUT2D eigenvalue weighted by Crippen LogP contribution is 2.19. The molecule has 4 aromatic rings. The number of imidazole rings is 1. The van der Waals surface area contributed by atoms with Crippen LogP contribution in [-0.4, -0.2) is 14.5 Å². The molecule has 0 saturated carbocycles. The smallest absolute Gasteiger partial charge is 0.162 e. The maximum Gasteiger partial charge on any atom is 0.162 e. The van der Waals surface area contributed by atoms with Gasteiger partial charge in [0.05, 0.1) is 12.9 Å². The Morgan fingerprint density at radius 2 is 1.76 bits per heavy atom.